The molecule has 0 saturated heterocycles. The number of allylic oxidation sites excluding steroid dienone is 2. The van der Waals surface area contributed by atoms with Gasteiger partial charge in [-0.1, -0.05) is 105 Å². The van der Waals surface area contributed by atoms with Gasteiger partial charge in [-0.25, -0.2) is 0 Å². The first kappa shape index (κ1) is 41.7. The number of hydrogen-bond acceptors (Lipinski definition) is 5. The minimum atomic E-state index is -0.337. The van der Waals surface area contributed by atoms with Gasteiger partial charge in [0.2, 0.25) is 0 Å². The molecular formula is C46H58IrNO3S-. The predicted octanol–water partition coefficient (Wildman–Crippen LogP) is 13.4. The summed E-state index contributed by atoms with van der Waals surface area (Å²) in [6.45, 7) is 23.5. The summed E-state index contributed by atoms with van der Waals surface area (Å²) in [5.74, 6) is 1.97. The minimum absolute atomic E-state index is 0. The first-order valence-electron chi connectivity index (χ1n) is 19.0. The standard InChI is InChI=1S/C31H30NOS.C15H28O2.Ir/c1-18(2)14-21-17-24-26(33-21)10-11-27-28(24)23-12-13-32-29(30(23)34-27)20-15-19-8-6-7-9-22(19)25(16-20)31(3,4)5;1-7-14(5,8-2)12(16)11-13(17)15(6,9-3)10-4;/h6-13,16,18,21H,14,17H2,1-5H3;11,16H,7-10H2,1-6H3;/q-1;;/b;12-11-;. The van der Waals surface area contributed by atoms with Crippen LogP contribution in [0.2, 0.25) is 0 Å². The molecule has 0 aliphatic carbocycles. The first-order valence-corrected chi connectivity index (χ1v) is 19.8. The molecule has 3 heterocycles. The minimum Gasteiger partial charge on any atom is -0.512 e. The molecule has 1 N–H and O–H groups in total. The number of ether oxygens (including phenoxy) is 1. The second-order valence-electron chi connectivity index (χ2n) is 16.4. The van der Waals surface area contributed by atoms with Crippen LogP contribution in [0, 0.1) is 22.8 Å². The monoisotopic (exact) mass is 897 g/mol. The second-order valence-corrected chi connectivity index (χ2v) is 17.5. The second kappa shape index (κ2) is 16.5. The Balaban J connectivity index is 0.000000289. The van der Waals surface area contributed by atoms with Crippen molar-refractivity contribution in [3.05, 3.63) is 83.8 Å². The van der Waals surface area contributed by atoms with E-state index in [2.05, 4.69) is 89.2 Å². The SMILES string of the molecule is CC(C)CC1Cc2c(ccc3sc4c(-c5[c-]c6ccccc6c(C(C)(C)C)c5)nccc4c23)O1.CCC(C)(CC)C(=O)/C=C(\O)C(C)(CC)CC.[Ir]. The summed E-state index contributed by atoms with van der Waals surface area (Å²) in [6, 6.07) is 21.2. The molecule has 5 aromatic rings. The maximum absolute atomic E-state index is 12.2. The van der Waals surface area contributed by atoms with Gasteiger partial charge < -0.3 is 9.84 Å². The van der Waals surface area contributed by atoms with Crippen LogP contribution in [0.25, 0.3) is 42.2 Å². The molecule has 1 radical (unpaired) electrons. The largest absolute Gasteiger partial charge is 0.512 e. The van der Waals surface area contributed by atoms with E-state index < -0.39 is 0 Å². The predicted molar refractivity (Wildman–Crippen MR) is 218 cm³/mol. The summed E-state index contributed by atoms with van der Waals surface area (Å²) in [4.78, 5) is 17.1. The summed E-state index contributed by atoms with van der Waals surface area (Å²) in [5.41, 5.74) is 4.23. The molecular weight excluding hydrogens is 839 g/mol. The third-order valence-corrected chi connectivity index (χ3v) is 12.7. The van der Waals surface area contributed by atoms with E-state index >= 15 is 0 Å². The molecule has 52 heavy (non-hydrogen) atoms. The maximum atomic E-state index is 12.2. The number of aliphatic hydroxyl groups excluding tert-OH is 1. The van der Waals surface area contributed by atoms with E-state index in [-0.39, 0.29) is 54.0 Å². The number of thiophene rings is 1. The number of rotatable bonds is 10. The molecule has 1 unspecified atom stereocenters. The van der Waals surface area contributed by atoms with Crippen LogP contribution in [0.1, 0.15) is 119 Å². The zero-order chi connectivity index (χ0) is 37.3. The summed E-state index contributed by atoms with van der Waals surface area (Å²) < 4.78 is 8.90. The zero-order valence-electron chi connectivity index (χ0n) is 33.1. The fraction of sp³-hybridized carbons (Fsp3) is 0.478. The van der Waals surface area contributed by atoms with E-state index in [1.54, 1.807) is 0 Å². The number of ketones is 1. The van der Waals surface area contributed by atoms with Crippen molar-refractivity contribution in [3.63, 3.8) is 0 Å². The molecule has 0 bridgehead atoms. The number of pyridine rings is 1. The number of aromatic nitrogens is 1. The Bertz CT molecular complexity index is 2060. The average Bonchev–Trinajstić information content (AvgIpc) is 3.70. The summed E-state index contributed by atoms with van der Waals surface area (Å²) in [6.07, 6.45) is 9.08. The maximum Gasteiger partial charge on any atom is 0.164 e. The van der Waals surface area contributed by atoms with Crippen molar-refractivity contribution in [3.8, 4) is 17.0 Å². The number of aliphatic hydroxyl groups is 1. The quantitative estimate of drug-likeness (QED) is 0.0862. The Labute approximate surface area is 329 Å². The average molecular weight is 897 g/mol. The van der Waals surface area contributed by atoms with Gasteiger partial charge in [0.25, 0.3) is 0 Å². The van der Waals surface area contributed by atoms with Crippen molar-refractivity contribution < 1.29 is 34.7 Å². The van der Waals surface area contributed by atoms with Gasteiger partial charge >= 0.3 is 0 Å². The van der Waals surface area contributed by atoms with Crippen molar-refractivity contribution in [1.29, 1.82) is 0 Å². The molecule has 0 saturated carbocycles. The third kappa shape index (κ3) is 8.35. The fourth-order valence-electron chi connectivity index (χ4n) is 7.12. The van der Waals surface area contributed by atoms with Gasteiger partial charge in [0.15, 0.2) is 5.78 Å². The van der Waals surface area contributed by atoms with Crippen LogP contribution < -0.4 is 4.74 Å². The van der Waals surface area contributed by atoms with E-state index in [0.29, 0.717) is 5.92 Å². The van der Waals surface area contributed by atoms with Crippen LogP contribution in [0.5, 0.6) is 5.75 Å². The van der Waals surface area contributed by atoms with Crippen LogP contribution in [0.15, 0.2) is 66.6 Å². The van der Waals surface area contributed by atoms with Crippen molar-refractivity contribution >= 4 is 48.1 Å². The molecule has 2 aromatic heterocycles. The molecule has 1 atom stereocenters. The molecule has 1 aliphatic heterocycles. The van der Waals surface area contributed by atoms with Gasteiger partial charge in [-0.3, -0.25) is 9.78 Å². The normalized spacial score (nSPS) is 15.0. The van der Waals surface area contributed by atoms with E-state index in [0.717, 1.165) is 60.9 Å². The number of carbonyl (C=O) groups is 1. The number of carbonyl (C=O) groups excluding carboxylic acids is 1. The van der Waals surface area contributed by atoms with Crippen LogP contribution >= 0.6 is 11.3 Å². The van der Waals surface area contributed by atoms with E-state index in [4.69, 9.17) is 9.72 Å². The van der Waals surface area contributed by atoms with Gasteiger partial charge in [0.1, 0.15) is 17.6 Å². The first-order chi connectivity index (χ1) is 24.1. The molecule has 0 spiro atoms. The Morgan fingerprint density at radius 2 is 1.62 bits per heavy atom. The third-order valence-electron chi connectivity index (χ3n) is 11.5. The number of fused-ring (bicyclic) bond motifs is 6. The Kier molecular flexibility index (Phi) is 13.3. The molecule has 0 fully saturated rings. The Morgan fingerprint density at radius 3 is 2.23 bits per heavy atom. The number of benzene rings is 3. The summed E-state index contributed by atoms with van der Waals surface area (Å²) in [7, 11) is 0. The molecule has 6 heteroatoms. The number of hydrogen-bond donors (Lipinski definition) is 1. The summed E-state index contributed by atoms with van der Waals surface area (Å²) in [5, 5.41) is 15.2. The zero-order valence-corrected chi connectivity index (χ0v) is 36.3. The number of nitrogens with zero attached hydrogens (tertiary/aromatic N) is 1. The molecule has 281 valence electrons. The molecule has 4 nitrogen and oxygen atoms in total. The van der Waals surface area contributed by atoms with Gasteiger partial charge in [0.05, 0.1) is 0 Å². The fourth-order valence-corrected chi connectivity index (χ4v) is 8.35. The van der Waals surface area contributed by atoms with E-state index in [1.165, 1.54) is 42.8 Å². The van der Waals surface area contributed by atoms with Crippen LogP contribution in [-0.4, -0.2) is 22.0 Å². The molecule has 3 aromatic carbocycles. The van der Waals surface area contributed by atoms with Gasteiger partial charge in [-0.05, 0) is 67.0 Å². The van der Waals surface area contributed by atoms with Crippen molar-refractivity contribution in [2.45, 2.75) is 126 Å². The van der Waals surface area contributed by atoms with Crippen molar-refractivity contribution in [1.82, 2.24) is 4.98 Å². The van der Waals surface area contributed by atoms with Crippen LogP contribution in [-0.2, 0) is 36.7 Å². The van der Waals surface area contributed by atoms with Gasteiger partial charge in [-0.15, -0.1) is 40.5 Å². The smallest absolute Gasteiger partial charge is 0.164 e. The van der Waals surface area contributed by atoms with Gasteiger partial charge in [-0.2, -0.15) is 0 Å². The molecule has 6 rings (SSSR count). The topological polar surface area (TPSA) is 59.4 Å². The summed E-state index contributed by atoms with van der Waals surface area (Å²) >= 11 is 1.84. The van der Waals surface area contributed by atoms with Crippen molar-refractivity contribution in [2.24, 2.45) is 16.7 Å². The molecule has 0 amide bonds. The van der Waals surface area contributed by atoms with Gasteiger partial charge in [0, 0.05) is 75.7 Å². The molecule has 1 aliphatic rings. The van der Waals surface area contributed by atoms with E-state index in [9.17, 15) is 9.90 Å². The van der Waals surface area contributed by atoms with Crippen LogP contribution in [0.3, 0.4) is 0 Å². The van der Waals surface area contributed by atoms with E-state index in [1.807, 2.05) is 59.1 Å². The Morgan fingerprint density at radius 1 is 0.962 bits per heavy atom. The Hall–Kier alpha value is -3.05. The van der Waals surface area contributed by atoms with Crippen molar-refractivity contribution in [2.75, 3.05) is 0 Å². The van der Waals surface area contributed by atoms with Crippen LogP contribution in [0.4, 0.5) is 0 Å².